The van der Waals surface area contributed by atoms with Crippen molar-refractivity contribution < 1.29 is 9.84 Å². The number of rotatable bonds is 8. The van der Waals surface area contributed by atoms with E-state index in [-0.39, 0.29) is 6.10 Å². The maximum atomic E-state index is 10.1. The number of aliphatic hydroxyl groups is 1. The molecule has 0 amide bonds. The molecule has 0 aliphatic carbocycles. The summed E-state index contributed by atoms with van der Waals surface area (Å²) in [6, 6.07) is 0.350. The monoisotopic (exact) mass is 243 g/mol. The van der Waals surface area contributed by atoms with E-state index in [9.17, 15) is 5.11 Å². The summed E-state index contributed by atoms with van der Waals surface area (Å²) in [5, 5.41) is 13.5. The van der Waals surface area contributed by atoms with Crippen molar-refractivity contribution in [2.75, 3.05) is 19.8 Å². The zero-order valence-electron chi connectivity index (χ0n) is 11.5. The van der Waals surface area contributed by atoms with E-state index in [1.807, 2.05) is 0 Å². The molecule has 0 spiro atoms. The average molecular weight is 243 g/mol. The largest absolute Gasteiger partial charge is 0.393 e. The quantitative estimate of drug-likeness (QED) is 0.687. The first kappa shape index (κ1) is 14.9. The fourth-order valence-electron chi connectivity index (χ4n) is 2.78. The molecular formula is C14H29NO2. The summed E-state index contributed by atoms with van der Waals surface area (Å²) in [4.78, 5) is 0. The van der Waals surface area contributed by atoms with Gasteiger partial charge in [0.15, 0.2) is 0 Å². The van der Waals surface area contributed by atoms with Crippen LogP contribution in [0.5, 0.6) is 0 Å². The average Bonchev–Trinajstić information content (AvgIpc) is 2.30. The van der Waals surface area contributed by atoms with Crippen molar-refractivity contribution in [3.05, 3.63) is 0 Å². The minimum atomic E-state index is -0.169. The molecule has 0 aromatic heterocycles. The third kappa shape index (κ3) is 6.39. The Morgan fingerprint density at radius 1 is 1.29 bits per heavy atom. The van der Waals surface area contributed by atoms with Gasteiger partial charge in [0.05, 0.1) is 19.3 Å². The van der Waals surface area contributed by atoms with Gasteiger partial charge >= 0.3 is 0 Å². The summed E-state index contributed by atoms with van der Waals surface area (Å²) < 4.78 is 5.41. The summed E-state index contributed by atoms with van der Waals surface area (Å²) in [6.45, 7) is 6.94. The highest BCUT2D eigenvalue weighted by molar-refractivity contribution is 4.75. The highest BCUT2D eigenvalue weighted by Crippen LogP contribution is 2.21. The number of hydrogen-bond acceptors (Lipinski definition) is 3. The molecule has 2 unspecified atom stereocenters. The molecule has 1 saturated heterocycles. The minimum Gasteiger partial charge on any atom is -0.393 e. The van der Waals surface area contributed by atoms with Crippen molar-refractivity contribution in [3.63, 3.8) is 0 Å². The van der Waals surface area contributed by atoms with Crippen molar-refractivity contribution in [2.24, 2.45) is 5.92 Å². The van der Waals surface area contributed by atoms with Gasteiger partial charge in [-0.1, -0.05) is 39.5 Å². The van der Waals surface area contributed by atoms with E-state index in [0.717, 1.165) is 32.6 Å². The molecule has 17 heavy (non-hydrogen) atoms. The molecule has 1 fully saturated rings. The van der Waals surface area contributed by atoms with E-state index < -0.39 is 0 Å². The third-order valence-electron chi connectivity index (χ3n) is 3.55. The molecule has 0 bridgehead atoms. The van der Waals surface area contributed by atoms with E-state index in [4.69, 9.17) is 4.74 Å². The molecule has 3 heteroatoms. The van der Waals surface area contributed by atoms with E-state index in [1.165, 1.54) is 25.7 Å². The molecule has 0 aromatic carbocycles. The Morgan fingerprint density at radius 3 is 2.53 bits per heavy atom. The number of aliphatic hydroxyl groups excluding tert-OH is 1. The zero-order valence-corrected chi connectivity index (χ0v) is 11.5. The SMILES string of the molecule is CCCC(CCC)CC(O)CC1COCCN1. The van der Waals surface area contributed by atoms with Crippen LogP contribution in [0.4, 0.5) is 0 Å². The lowest BCUT2D eigenvalue weighted by Gasteiger charge is -2.27. The lowest BCUT2D eigenvalue weighted by atomic mass is 9.90. The Labute approximate surface area is 106 Å². The topological polar surface area (TPSA) is 41.5 Å². The second kappa shape index (κ2) is 8.90. The first-order chi connectivity index (χ1) is 8.26. The van der Waals surface area contributed by atoms with Crippen LogP contribution in [0, 0.1) is 5.92 Å². The van der Waals surface area contributed by atoms with E-state index in [2.05, 4.69) is 19.2 Å². The maximum Gasteiger partial charge on any atom is 0.0621 e. The Kier molecular flexibility index (Phi) is 7.82. The highest BCUT2D eigenvalue weighted by atomic mass is 16.5. The minimum absolute atomic E-state index is 0.169. The van der Waals surface area contributed by atoms with Crippen LogP contribution in [0.1, 0.15) is 52.4 Å². The molecular weight excluding hydrogens is 214 g/mol. The van der Waals surface area contributed by atoms with Crippen LogP contribution in [0.3, 0.4) is 0 Å². The third-order valence-corrected chi connectivity index (χ3v) is 3.55. The summed E-state index contributed by atoms with van der Waals surface area (Å²) in [5.41, 5.74) is 0. The van der Waals surface area contributed by atoms with Crippen LogP contribution in [0.15, 0.2) is 0 Å². The molecule has 1 aliphatic heterocycles. The standard InChI is InChI=1S/C14H29NO2/c1-3-5-12(6-4-2)9-14(16)10-13-11-17-8-7-15-13/h12-16H,3-11H2,1-2H3. The number of morpholine rings is 1. The van der Waals surface area contributed by atoms with Crippen molar-refractivity contribution in [1.29, 1.82) is 0 Å². The van der Waals surface area contributed by atoms with Crippen LogP contribution < -0.4 is 5.32 Å². The van der Waals surface area contributed by atoms with Crippen molar-refractivity contribution in [1.82, 2.24) is 5.32 Å². The van der Waals surface area contributed by atoms with E-state index in [1.54, 1.807) is 0 Å². The maximum absolute atomic E-state index is 10.1. The predicted octanol–water partition coefficient (Wildman–Crippen LogP) is 2.33. The Morgan fingerprint density at radius 2 is 2.00 bits per heavy atom. The molecule has 2 atom stereocenters. The van der Waals surface area contributed by atoms with Gasteiger partial charge in [-0.2, -0.15) is 0 Å². The summed E-state index contributed by atoms with van der Waals surface area (Å²) in [6.07, 6.45) is 6.57. The second-order valence-corrected chi connectivity index (χ2v) is 5.29. The summed E-state index contributed by atoms with van der Waals surface area (Å²) in [7, 11) is 0. The Balaban J connectivity index is 2.22. The van der Waals surface area contributed by atoms with Crippen molar-refractivity contribution in [3.8, 4) is 0 Å². The lowest BCUT2D eigenvalue weighted by Crippen LogP contribution is -2.43. The molecule has 1 aliphatic rings. The van der Waals surface area contributed by atoms with Gasteiger partial charge in [0.1, 0.15) is 0 Å². The lowest BCUT2D eigenvalue weighted by molar-refractivity contribution is 0.0451. The van der Waals surface area contributed by atoms with Gasteiger partial charge < -0.3 is 15.2 Å². The van der Waals surface area contributed by atoms with E-state index >= 15 is 0 Å². The molecule has 0 radical (unpaired) electrons. The molecule has 102 valence electrons. The predicted molar refractivity (Wildman–Crippen MR) is 71.2 cm³/mol. The molecule has 0 saturated carbocycles. The van der Waals surface area contributed by atoms with Crippen LogP contribution in [0.2, 0.25) is 0 Å². The Bertz CT molecular complexity index is 175. The van der Waals surface area contributed by atoms with Gasteiger partial charge in [0.2, 0.25) is 0 Å². The van der Waals surface area contributed by atoms with Crippen molar-refractivity contribution >= 4 is 0 Å². The van der Waals surface area contributed by atoms with Crippen LogP contribution in [0.25, 0.3) is 0 Å². The first-order valence-corrected chi connectivity index (χ1v) is 7.25. The van der Waals surface area contributed by atoms with Crippen LogP contribution in [-0.4, -0.2) is 37.0 Å². The fraction of sp³-hybridized carbons (Fsp3) is 1.00. The fourth-order valence-corrected chi connectivity index (χ4v) is 2.78. The molecule has 1 heterocycles. The summed E-state index contributed by atoms with van der Waals surface area (Å²) in [5.74, 6) is 0.699. The number of nitrogens with one attached hydrogen (secondary N) is 1. The highest BCUT2D eigenvalue weighted by Gasteiger charge is 2.19. The second-order valence-electron chi connectivity index (χ2n) is 5.29. The zero-order chi connectivity index (χ0) is 12.5. The number of hydrogen-bond donors (Lipinski definition) is 2. The van der Waals surface area contributed by atoms with Gasteiger partial charge in [-0.15, -0.1) is 0 Å². The van der Waals surface area contributed by atoms with E-state index in [0.29, 0.717) is 12.0 Å². The van der Waals surface area contributed by atoms with Crippen LogP contribution >= 0.6 is 0 Å². The number of ether oxygens (including phenoxy) is 1. The van der Waals surface area contributed by atoms with Crippen molar-refractivity contribution in [2.45, 2.75) is 64.5 Å². The first-order valence-electron chi connectivity index (χ1n) is 7.25. The molecule has 2 N–H and O–H groups in total. The molecule has 3 nitrogen and oxygen atoms in total. The van der Waals surface area contributed by atoms with Gasteiger partial charge in [-0.25, -0.2) is 0 Å². The van der Waals surface area contributed by atoms with Gasteiger partial charge in [-0.3, -0.25) is 0 Å². The summed E-state index contributed by atoms with van der Waals surface area (Å²) >= 11 is 0. The Hall–Kier alpha value is -0.120. The smallest absolute Gasteiger partial charge is 0.0621 e. The molecule has 0 aromatic rings. The van der Waals surface area contributed by atoms with Gasteiger partial charge in [0.25, 0.3) is 0 Å². The van der Waals surface area contributed by atoms with Gasteiger partial charge in [0, 0.05) is 12.6 Å². The molecule has 1 rings (SSSR count). The van der Waals surface area contributed by atoms with Crippen LogP contribution in [-0.2, 0) is 4.74 Å². The normalized spacial score (nSPS) is 22.9. The van der Waals surface area contributed by atoms with Gasteiger partial charge in [-0.05, 0) is 18.8 Å².